The Kier molecular flexibility index (Phi) is 9.83. The van der Waals surface area contributed by atoms with Gasteiger partial charge in [0.1, 0.15) is 0 Å². The SMILES string of the molecule is CC.Cc1ccc(-c2nc3c(nc2-c2ccc(C)cc2)N(CCCCCCC(=O)O)CCC3)cc1. The molecule has 0 amide bonds. The largest absolute Gasteiger partial charge is 0.481 e. The highest BCUT2D eigenvalue weighted by atomic mass is 16.4. The lowest BCUT2D eigenvalue weighted by molar-refractivity contribution is -0.137. The summed E-state index contributed by atoms with van der Waals surface area (Å²) in [5, 5.41) is 8.81. The summed E-state index contributed by atoms with van der Waals surface area (Å²) in [6, 6.07) is 17.1. The number of hydrogen-bond acceptors (Lipinski definition) is 4. The van der Waals surface area contributed by atoms with E-state index in [0.717, 1.165) is 85.6 Å². The number of benzene rings is 2. The van der Waals surface area contributed by atoms with Gasteiger partial charge >= 0.3 is 5.97 Å². The van der Waals surface area contributed by atoms with Gasteiger partial charge in [-0.1, -0.05) is 86.3 Å². The van der Waals surface area contributed by atoms with Gasteiger partial charge in [-0.25, -0.2) is 9.97 Å². The summed E-state index contributed by atoms with van der Waals surface area (Å²) in [7, 11) is 0. The van der Waals surface area contributed by atoms with E-state index >= 15 is 0 Å². The second-order valence-corrected chi connectivity index (χ2v) is 9.07. The molecule has 35 heavy (non-hydrogen) atoms. The van der Waals surface area contributed by atoms with Gasteiger partial charge in [0, 0.05) is 30.6 Å². The highest BCUT2D eigenvalue weighted by Crippen LogP contribution is 2.35. The molecule has 1 aromatic heterocycles. The van der Waals surface area contributed by atoms with Gasteiger partial charge in [-0.2, -0.15) is 0 Å². The molecule has 0 unspecified atom stereocenters. The van der Waals surface area contributed by atoms with E-state index in [1.165, 1.54) is 11.1 Å². The Labute approximate surface area is 210 Å². The van der Waals surface area contributed by atoms with Gasteiger partial charge in [-0.15, -0.1) is 0 Å². The molecule has 5 heteroatoms. The van der Waals surface area contributed by atoms with Crippen LogP contribution in [0.4, 0.5) is 5.82 Å². The van der Waals surface area contributed by atoms with Crippen LogP contribution in [0.2, 0.25) is 0 Å². The van der Waals surface area contributed by atoms with Crippen molar-refractivity contribution >= 4 is 11.8 Å². The molecule has 5 nitrogen and oxygen atoms in total. The predicted octanol–water partition coefficient (Wildman–Crippen LogP) is 7.24. The molecule has 2 aromatic carbocycles. The fraction of sp³-hybridized carbons (Fsp3) is 0.433. The fourth-order valence-corrected chi connectivity index (χ4v) is 4.40. The number of aryl methyl sites for hydroxylation is 3. The molecule has 0 fully saturated rings. The van der Waals surface area contributed by atoms with Crippen molar-refractivity contribution in [1.29, 1.82) is 0 Å². The van der Waals surface area contributed by atoms with Gasteiger partial charge in [0.05, 0.1) is 17.1 Å². The third kappa shape index (κ3) is 7.14. The van der Waals surface area contributed by atoms with E-state index in [1.54, 1.807) is 0 Å². The van der Waals surface area contributed by atoms with Crippen LogP contribution in [-0.4, -0.2) is 34.1 Å². The van der Waals surface area contributed by atoms with E-state index in [1.807, 2.05) is 13.8 Å². The zero-order chi connectivity index (χ0) is 25.2. The van der Waals surface area contributed by atoms with E-state index in [0.29, 0.717) is 0 Å². The summed E-state index contributed by atoms with van der Waals surface area (Å²) in [5.74, 6) is 0.307. The van der Waals surface area contributed by atoms with E-state index in [4.69, 9.17) is 15.1 Å². The summed E-state index contributed by atoms with van der Waals surface area (Å²) in [6.45, 7) is 10.1. The topological polar surface area (TPSA) is 66.3 Å². The van der Waals surface area contributed by atoms with Crippen LogP contribution >= 0.6 is 0 Å². The lowest BCUT2D eigenvalue weighted by Crippen LogP contribution is -2.32. The molecule has 0 bridgehead atoms. The van der Waals surface area contributed by atoms with Crippen molar-refractivity contribution in [2.45, 2.75) is 72.6 Å². The number of anilines is 1. The smallest absolute Gasteiger partial charge is 0.303 e. The Bertz CT molecular complexity index is 1090. The molecule has 0 spiro atoms. The van der Waals surface area contributed by atoms with Crippen molar-refractivity contribution in [2.75, 3.05) is 18.0 Å². The molecule has 0 saturated carbocycles. The van der Waals surface area contributed by atoms with Crippen LogP contribution in [-0.2, 0) is 11.2 Å². The molecule has 0 radical (unpaired) electrons. The van der Waals surface area contributed by atoms with Crippen molar-refractivity contribution in [2.24, 2.45) is 0 Å². The zero-order valence-corrected chi connectivity index (χ0v) is 21.7. The molecule has 186 valence electrons. The van der Waals surface area contributed by atoms with Crippen LogP contribution in [0.3, 0.4) is 0 Å². The number of carboxylic acids is 1. The lowest BCUT2D eigenvalue weighted by Gasteiger charge is -2.30. The number of unbranched alkanes of at least 4 members (excludes halogenated alkanes) is 3. The molecule has 0 aliphatic carbocycles. The summed E-state index contributed by atoms with van der Waals surface area (Å²) < 4.78 is 0. The first-order valence-electron chi connectivity index (χ1n) is 13.0. The van der Waals surface area contributed by atoms with Crippen molar-refractivity contribution < 1.29 is 9.90 Å². The zero-order valence-electron chi connectivity index (χ0n) is 21.7. The monoisotopic (exact) mass is 473 g/mol. The molecule has 2 heterocycles. The lowest BCUT2D eigenvalue weighted by atomic mass is 10.0. The van der Waals surface area contributed by atoms with Gasteiger partial charge in [0.2, 0.25) is 0 Å². The molecular formula is C30H39N3O2. The first-order chi connectivity index (χ1) is 17.0. The number of hydrogen-bond donors (Lipinski definition) is 1. The minimum absolute atomic E-state index is 0.264. The number of fused-ring (bicyclic) bond motifs is 1. The normalized spacial score (nSPS) is 12.5. The van der Waals surface area contributed by atoms with Gasteiger partial charge in [-0.3, -0.25) is 4.79 Å². The molecule has 3 aromatic rings. The molecular weight excluding hydrogens is 434 g/mol. The number of carboxylic acid groups (broad SMARTS) is 1. The minimum atomic E-state index is -0.705. The summed E-state index contributed by atoms with van der Waals surface area (Å²) in [5.41, 5.74) is 7.62. The summed E-state index contributed by atoms with van der Waals surface area (Å²) in [6.07, 6.45) is 6.09. The maximum Gasteiger partial charge on any atom is 0.303 e. The highest BCUT2D eigenvalue weighted by Gasteiger charge is 2.23. The maximum atomic E-state index is 10.7. The third-order valence-electron chi connectivity index (χ3n) is 6.31. The van der Waals surface area contributed by atoms with Crippen molar-refractivity contribution in [1.82, 2.24) is 9.97 Å². The van der Waals surface area contributed by atoms with Crippen LogP contribution < -0.4 is 4.90 Å². The van der Waals surface area contributed by atoms with E-state index in [-0.39, 0.29) is 6.42 Å². The molecule has 0 saturated heterocycles. The van der Waals surface area contributed by atoms with Gasteiger partial charge in [0.25, 0.3) is 0 Å². The van der Waals surface area contributed by atoms with Crippen molar-refractivity contribution in [3.63, 3.8) is 0 Å². The Morgan fingerprint density at radius 1 is 0.829 bits per heavy atom. The van der Waals surface area contributed by atoms with Gasteiger partial charge in [-0.05, 0) is 39.5 Å². The quantitative estimate of drug-likeness (QED) is 0.332. The molecule has 4 rings (SSSR count). The average molecular weight is 474 g/mol. The van der Waals surface area contributed by atoms with Gasteiger partial charge < -0.3 is 10.0 Å². The maximum absolute atomic E-state index is 10.7. The predicted molar refractivity (Wildman–Crippen MR) is 145 cm³/mol. The molecule has 1 aliphatic rings. The number of aliphatic carboxylic acids is 1. The number of rotatable bonds is 9. The average Bonchev–Trinajstić information content (AvgIpc) is 2.87. The second-order valence-electron chi connectivity index (χ2n) is 9.07. The number of carbonyl (C=O) groups is 1. The Morgan fingerprint density at radius 3 is 1.94 bits per heavy atom. The van der Waals surface area contributed by atoms with Crippen LogP contribution in [0.1, 0.15) is 69.2 Å². The fourth-order valence-electron chi connectivity index (χ4n) is 4.40. The molecule has 1 N–H and O–H groups in total. The van der Waals surface area contributed by atoms with Crippen LogP contribution in [0.15, 0.2) is 48.5 Å². The number of nitrogens with zero attached hydrogens (tertiary/aromatic N) is 3. The minimum Gasteiger partial charge on any atom is -0.481 e. The Balaban J connectivity index is 0.00000167. The van der Waals surface area contributed by atoms with Crippen LogP contribution in [0.5, 0.6) is 0 Å². The first-order valence-corrected chi connectivity index (χ1v) is 13.0. The first kappa shape index (κ1) is 26.4. The third-order valence-corrected chi connectivity index (χ3v) is 6.31. The van der Waals surface area contributed by atoms with E-state index in [9.17, 15) is 4.79 Å². The van der Waals surface area contributed by atoms with Crippen molar-refractivity contribution in [3.05, 3.63) is 65.4 Å². The molecule has 1 aliphatic heterocycles. The van der Waals surface area contributed by atoms with Gasteiger partial charge in [0.15, 0.2) is 5.82 Å². The highest BCUT2D eigenvalue weighted by molar-refractivity contribution is 5.79. The summed E-state index contributed by atoms with van der Waals surface area (Å²) in [4.78, 5) is 23.5. The number of aromatic nitrogens is 2. The van der Waals surface area contributed by atoms with E-state index < -0.39 is 5.97 Å². The molecule has 0 atom stereocenters. The van der Waals surface area contributed by atoms with Crippen molar-refractivity contribution in [3.8, 4) is 22.5 Å². The van der Waals surface area contributed by atoms with Crippen LogP contribution in [0.25, 0.3) is 22.5 Å². The summed E-state index contributed by atoms with van der Waals surface area (Å²) >= 11 is 0. The standard InChI is InChI=1S/C28H33N3O2.C2H6/c1-20-10-14-22(15-11-20)26-27(23-16-12-21(2)13-17-23)30-28-24(29-26)8-7-19-31(28)18-6-4-3-5-9-25(32)33;1-2/h10-17H,3-9,18-19H2,1-2H3,(H,32,33);1-2H3. The Hall–Kier alpha value is -3.21. The Morgan fingerprint density at radius 2 is 1.37 bits per heavy atom. The second kappa shape index (κ2) is 13.0. The van der Waals surface area contributed by atoms with E-state index in [2.05, 4.69) is 67.3 Å². The van der Waals surface area contributed by atoms with Crippen LogP contribution in [0, 0.1) is 13.8 Å².